The minimum atomic E-state index is -0.529. The number of methoxy groups -OCH3 is 2. The minimum Gasteiger partial charge on any atom is -0.497 e. The van der Waals surface area contributed by atoms with E-state index < -0.39 is 5.66 Å². The molecule has 2 aromatic rings. The van der Waals surface area contributed by atoms with Crippen molar-refractivity contribution in [1.29, 1.82) is 0 Å². The Balaban J connectivity index is 1.53. The first-order valence-electron chi connectivity index (χ1n) is 9.76. The summed E-state index contributed by atoms with van der Waals surface area (Å²) in [6.07, 6.45) is 1.23. The molecule has 0 atom stereocenters. The average Bonchev–Trinajstić information content (AvgIpc) is 2.77. The number of fused-ring (bicyclic) bond motifs is 1. The van der Waals surface area contributed by atoms with Crippen LogP contribution in [0.4, 0.5) is 5.69 Å². The Morgan fingerprint density at radius 1 is 1.10 bits per heavy atom. The highest BCUT2D eigenvalue weighted by Crippen LogP contribution is 2.37. The van der Waals surface area contributed by atoms with Crippen LogP contribution in [-0.2, 0) is 0 Å². The smallest absolute Gasteiger partial charge is 0.257 e. The molecule has 0 radical (unpaired) electrons. The minimum absolute atomic E-state index is 0.0960. The molecule has 0 bridgehead atoms. The van der Waals surface area contributed by atoms with E-state index in [-0.39, 0.29) is 11.8 Å². The van der Waals surface area contributed by atoms with Gasteiger partial charge in [0.25, 0.3) is 11.8 Å². The van der Waals surface area contributed by atoms with Gasteiger partial charge in [0.05, 0.1) is 31.0 Å². The molecule has 2 aromatic carbocycles. The number of carbonyl (C=O) groups is 2. The van der Waals surface area contributed by atoms with Crippen molar-refractivity contribution in [3.05, 3.63) is 52.5 Å². The molecule has 158 valence electrons. The Morgan fingerprint density at radius 3 is 2.50 bits per heavy atom. The highest BCUT2D eigenvalue weighted by molar-refractivity contribution is 6.31. The van der Waals surface area contributed by atoms with Crippen LogP contribution in [0.1, 0.15) is 33.6 Å². The number of ether oxygens (including phenoxy) is 2. The molecule has 1 N–H and O–H groups in total. The fourth-order valence-electron chi connectivity index (χ4n) is 4.26. The number of hydrogen-bond donors (Lipinski definition) is 1. The van der Waals surface area contributed by atoms with Crippen LogP contribution in [0.2, 0.25) is 5.02 Å². The second kappa shape index (κ2) is 7.72. The molecule has 8 heteroatoms. The molecule has 0 aromatic heterocycles. The van der Waals surface area contributed by atoms with Gasteiger partial charge in [0, 0.05) is 44.1 Å². The van der Waals surface area contributed by atoms with Crippen molar-refractivity contribution in [2.75, 3.05) is 39.3 Å². The average molecular weight is 430 g/mol. The van der Waals surface area contributed by atoms with Gasteiger partial charge in [0.1, 0.15) is 17.2 Å². The zero-order valence-corrected chi connectivity index (χ0v) is 18.0. The van der Waals surface area contributed by atoms with Crippen LogP contribution in [-0.4, -0.2) is 56.7 Å². The number of hydrogen-bond acceptors (Lipinski definition) is 5. The van der Waals surface area contributed by atoms with Gasteiger partial charge in [0.2, 0.25) is 0 Å². The van der Waals surface area contributed by atoms with Crippen LogP contribution in [0.5, 0.6) is 11.5 Å². The number of nitrogens with zero attached hydrogens (tertiary/aromatic N) is 2. The first-order valence-corrected chi connectivity index (χ1v) is 10.1. The number of amides is 2. The topological polar surface area (TPSA) is 71.1 Å². The first-order chi connectivity index (χ1) is 14.4. The predicted octanol–water partition coefficient (Wildman–Crippen LogP) is 3.17. The summed E-state index contributed by atoms with van der Waals surface area (Å²) < 4.78 is 10.6. The van der Waals surface area contributed by atoms with Crippen molar-refractivity contribution < 1.29 is 19.1 Å². The Kier molecular flexibility index (Phi) is 5.24. The molecule has 1 fully saturated rings. The summed E-state index contributed by atoms with van der Waals surface area (Å²) in [5.74, 6) is 0.878. The third-order valence-corrected chi connectivity index (χ3v) is 6.30. The van der Waals surface area contributed by atoms with Gasteiger partial charge in [-0.3, -0.25) is 9.59 Å². The maximum absolute atomic E-state index is 13.1. The van der Waals surface area contributed by atoms with Crippen LogP contribution in [0.15, 0.2) is 36.4 Å². The second-order valence-corrected chi connectivity index (χ2v) is 8.00. The molecule has 7 nitrogen and oxygen atoms in total. The van der Waals surface area contributed by atoms with Crippen LogP contribution in [0.25, 0.3) is 0 Å². The quantitative estimate of drug-likeness (QED) is 0.811. The standard InChI is InChI=1S/C22H24ClN3O4/c1-25-18-7-4-14(23)12-17(18)20(27)24-22(25)8-10-26(11-9-22)21(28)16-6-5-15(29-2)13-19(16)30-3/h4-7,12-13H,8-11H2,1-3H3,(H,24,27). The summed E-state index contributed by atoms with van der Waals surface area (Å²) in [6, 6.07) is 10.5. The monoisotopic (exact) mass is 429 g/mol. The van der Waals surface area contributed by atoms with Gasteiger partial charge in [-0.2, -0.15) is 0 Å². The maximum Gasteiger partial charge on any atom is 0.257 e. The highest BCUT2D eigenvalue weighted by Gasteiger charge is 2.45. The molecule has 4 rings (SSSR count). The fourth-order valence-corrected chi connectivity index (χ4v) is 4.43. The van der Waals surface area contributed by atoms with E-state index in [2.05, 4.69) is 10.2 Å². The van der Waals surface area contributed by atoms with Crippen LogP contribution in [0, 0.1) is 0 Å². The van der Waals surface area contributed by atoms with E-state index in [9.17, 15) is 9.59 Å². The van der Waals surface area contributed by atoms with Gasteiger partial charge in [0.15, 0.2) is 0 Å². The lowest BCUT2D eigenvalue weighted by atomic mass is 9.90. The van der Waals surface area contributed by atoms with Crippen molar-refractivity contribution in [3.63, 3.8) is 0 Å². The Labute approximate surface area is 180 Å². The number of halogens is 1. The van der Waals surface area contributed by atoms with E-state index in [0.29, 0.717) is 53.6 Å². The molecular weight excluding hydrogens is 406 g/mol. The number of benzene rings is 2. The largest absolute Gasteiger partial charge is 0.497 e. The van der Waals surface area contributed by atoms with Gasteiger partial charge in [-0.1, -0.05) is 11.6 Å². The molecule has 1 saturated heterocycles. The van der Waals surface area contributed by atoms with E-state index in [0.717, 1.165) is 5.69 Å². The summed E-state index contributed by atoms with van der Waals surface area (Å²) >= 11 is 6.06. The van der Waals surface area contributed by atoms with Crippen LogP contribution < -0.4 is 19.7 Å². The van der Waals surface area contributed by atoms with Crippen LogP contribution >= 0.6 is 11.6 Å². The molecular formula is C22H24ClN3O4. The van der Waals surface area contributed by atoms with Gasteiger partial charge in [-0.25, -0.2) is 0 Å². The summed E-state index contributed by atoms with van der Waals surface area (Å²) in [7, 11) is 5.07. The Morgan fingerprint density at radius 2 is 1.83 bits per heavy atom. The molecule has 0 aliphatic carbocycles. The second-order valence-electron chi connectivity index (χ2n) is 7.56. The summed E-state index contributed by atoms with van der Waals surface area (Å²) in [4.78, 5) is 29.7. The fraction of sp³-hybridized carbons (Fsp3) is 0.364. The van der Waals surface area contributed by atoms with Gasteiger partial charge in [-0.05, 0) is 30.3 Å². The van der Waals surface area contributed by atoms with E-state index in [1.54, 1.807) is 42.3 Å². The number of carbonyl (C=O) groups excluding carboxylic acids is 2. The van der Waals surface area contributed by atoms with Crippen molar-refractivity contribution in [3.8, 4) is 11.5 Å². The van der Waals surface area contributed by atoms with Crippen molar-refractivity contribution in [2.24, 2.45) is 0 Å². The summed E-state index contributed by atoms with van der Waals surface area (Å²) in [6.45, 7) is 1.03. The predicted molar refractivity (Wildman–Crippen MR) is 115 cm³/mol. The number of nitrogens with one attached hydrogen (secondary N) is 1. The molecule has 30 heavy (non-hydrogen) atoms. The van der Waals surface area contributed by atoms with Crippen molar-refractivity contribution in [1.82, 2.24) is 10.2 Å². The van der Waals surface area contributed by atoms with E-state index in [1.807, 2.05) is 13.1 Å². The highest BCUT2D eigenvalue weighted by atomic mass is 35.5. The first kappa shape index (κ1) is 20.3. The number of rotatable bonds is 3. The molecule has 2 aliphatic heterocycles. The third kappa shape index (κ3) is 3.33. The molecule has 2 amide bonds. The number of anilines is 1. The summed E-state index contributed by atoms with van der Waals surface area (Å²) in [5.41, 5.74) is 1.38. The Bertz CT molecular complexity index is 1000. The molecule has 1 spiro atoms. The molecule has 0 saturated carbocycles. The van der Waals surface area contributed by atoms with Gasteiger partial charge in [-0.15, -0.1) is 0 Å². The lowest BCUT2D eigenvalue weighted by Gasteiger charge is -2.51. The third-order valence-electron chi connectivity index (χ3n) is 6.07. The lowest BCUT2D eigenvalue weighted by molar-refractivity contribution is 0.0606. The maximum atomic E-state index is 13.1. The van der Waals surface area contributed by atoms with Gasteiger partial charge < -0.3 is 24.6 Å². The van der Waals surface area contributed by atoms with Crippen molar-refractivity contribution >= 4 is 29.1 Å². The van der Waals surface area contributed by atoms with E-state index >= 15 is 0 Å². The van der Waals surface area contributed by atoms with Gasteiger partial charge >= 0.3 is 0 Å². The Hall–Kier alpha value is -2.93. The zero-order valence-electron chi connectivity index (χ0n) is 17.2. The van der Waals surface area contributed by atoms with Crippen LogP contribution in [0.3, 0.4) is 0 Å². The molecule has 0 unspecified atom stereocenters. The SMILES string of the molecule is COc1ccc(C(=O)N2CCC3(CC2)NC(=O)c2cc(Cl)ccc2N3C)c(OC)c1. The molecule has 2 heterocycles. The lowest BCUT2D eigenvalue weighted by Crippen LogP contribution is -2.67. The zero-order chi connectivity index (χ0) is 21.5. The van der Waals surface area contributed by atoms with E-state index in [4.69, 9.17) is 21.1 Å². The number of likely N-dealkylation sites (tertiary alicyclic amines) is 1. The number of piperidine rings is 1. The summed E-state index contributed by atoms with van der Waals surface area (Å²) in [5, 5.41) is 3.68. The molecule has 2 aliphatic rings. The van der Waals surface area contributed by atoms with E-state index in [1.165, 1.54) is 7.11 Å². The van der Waals surface area contributed by atoms with Crippen molar-refractivity contribution in [2.45, 2.75) is 18.5 Å². The normalized spacial score (nSPS) is 17.4.